The molecular formula is C13H9F3N4O. The van der Waals surface area contributed by atoms with E-state index < -0.39 is 17.6 Å². The first-order chi connectivity index (χ1) is 9.88. The SMILES string of the molecule is Cc1nn(-c2ccccc2)c2nc(C(F)(F)F)[nH]c(=O)c12. The highest BCUT2D eigenvalue weighted by molar-refractivity contribution is 5.78. The van der Waals surface area contributed by atoms with Gasteiger partial charge >= 0.3 is 6.18 Å². The van der Waals surface area contributed by atoms with E-state index in [1.807, 2.05) is 0 Å². The van der Waals surface area contributed by atoms with Gasteiger partial charge in [0.05, 0.1) is 11.4 Å². The van der Waals surface area contributed by atoms with E-state index in [1.54, 1.807) is 42.2 Å². The average molecular weight is 294 g/mol. The van der Waals surface area contributed by atoms with Crippen LogP contribution in [0.4, 0.5) is 13.2 Å². The number of nitrogens with one attached hydrogen (secondary N) is 1. The van der Waals surface area contributed by atoms with Crippen molar-refractivity contribution in [2.75, 3.05) is 0 Å². The first-order valence-electron chi connectivity index (χ1n) is 6.00. The third kappa shape index (κ3) is 2.18. The van der Waals surface area contributed by atoms with E-state index in [0.717, 1.165) is 0 Å². The number of rotatable bonds is 1. The Morgan fingerprint density at radius 1 is 1.19 bits per heavy atom. The van der Waals surface area contributed by atoms with Crippen LogP contribution < -0.4 is 5.56 Å². The molecule has 0 amide bonds. The lowest BCUT2D eigenvalue weighted by molar-refractivity contribution is -0.144. The number of halogens is 3. The Bertz CT molecular complexity index is 865. The number of aromatic amines is 1. The van der Waals surface area contributed by atoms with Crippen LogP contribution in [0.2, 0.25) is 0 Å². The average Bonchev–Trinajstić information content (AvgIpc) is 2.76. The third-order valence-electron chi connectivity index (χ3n) is 2.98. The summed E-state index contributed by atoms with van der Waals surface area (Å²) in [6.07, 6.45) is -4.73. The molecular weight excluding hydrogens is 285 g/mol. The zero-order valence-corrected chi connectivity index (χ0v) is 10.8. The fourth-order valence-corrected chi connectivity index (χ4v) is 2.07. The monoisotopic (exact) mass is 294 g/mol. The van der Waals surface area contributed by atoms with Crippen molar-refractivity contribution < 1.29 is 13.2 Å². The van der Waals surface area contributed by atoms with Gasteiger partial charge in [0.25, 0.3) is 5.56 Å². The summed E-state index contributed by atoms with van der Waals surface area (Å²) < 4.78 is 39.6. The maximum Gasteiger partial charge on any atom is 0.449 e. The van der Waals surface area contributed by atoms with Gasteiger partial charge in [0.2, 0.25) is 5.82 Å². The number of benzene rings is 1. The number of H-pyrrole nitrogens is 1. The number of hydrogen-bond donors (Lipinski definition) is 1. The molecule has 0 atom stereocenters. The van der Waals surface area contributed by atoms with Crippen molar-refractivity contribution >= 4 is 11.0 Å². The molecule has 0 spiro atoms. The Kier molecular flexibility index (Phi) is 2.82. The first-order valence-corrected chi connectivity index (χ1v) is 6.00. The van der Waals surface area contributed by atoms with Crippen molar-refractivity contribution in [3.8, 4) is 5.69 Å². The largest absolute Gasteiger partial charge is 0.449 e. The summed E-state index contributed by atoms with van der Waals surface area (Å²) in [6, 6.07) is 8.54. The second-order valence-corrected chi connectivity index (χ2v) is 4.44. The van der Waals surface area contributed by atoms with Gasteiger partial charge in [-0.15, -0.1) is 0 Å². The van der Waals surface area contributed by atoms with Crippen LogP contribution in [-0.2, 0) is 6.18 Å². The molecule has 0 bridgehead atoms. The molecule has 2 heterocycles. The van der Waals surface area contributed by atoms with E-state index in [4.69, 9.17) is 0 Å². The van der Waals surface area contributed by atoms with Gasteiger partial charge in [-0.2, -0.15) is 18.3 Å². The predicted molar refractivity (Wildman–Crippen MR) is 69.2 cm³/mol. The standard InChI is InChI=1S/C13H9F3N4O/c1-7-9-10(17-12(13(14,15)16)18-11(9)21)20(19-7)8-5-3-2-4-6-8/h2-6H,1H3,(H,17,18,21). The van der Waals surface area contributed by atoms with Crippen LogP contribution in [-0.4, -0.2) is 19.7 Å². The molecule has 3 aromatic rings. The molecule has 21 heavy (non-hydrogen) atoms. The van der Waals surface area contributed by atoms with Crippen molar-refractivity contribution in [3.05, 3.63) is 52.2 Å². The lowest BCUT2D eigenvalue weighted by Crippen LogP contribution is -2.19. The molecule has 0 unspecified atom stereocenters. The van der Waals surface area contributed by atoms with Crippen molar-refractivity contribution in [1.82, 2.24) is 19.7 Å². The summed E-state index contributed by atoms with van der Waals surface area (Å²) in [4.78, 5) is 17.1. The van der Waals surface area contributed by atoms with Gasteiger partial charge in [-0.25, -0.2) is 9.67 Å². The minimum Gasteiger partial charge on any atom is -0.302 e. The van der Waals surface area contributed by atoms with Gasteiger partial charge < -0.3 is 4.98 Å². The van der Waals surface area contributed by atoms with E-state index in [1.165, 1.54) is 4.68 Å². The number of aryl methyl sites for hydroxylation is 1. The number of nitrogens with zero attached hydrogens (tertiary/aromatic N) is 3. The van der Waals surface area contributed by atoms with Gasteiger partial charge in [0.1, 0.15) is 5.39 Å². The van der Waals surface area contributed by atoms with E-state index in [2.05, 4.69) is 10.1 Å². The molecule has 1 aromatic carbocycles. The Labute approximate surface area is 116 Å². The minimum absolute atomic E-state index is 0.0480. The van der Waals surface area contributed by atoms with Crippen molar-refractivity contribution in [2.24, 2.45) is 0 Å². The normalized spacial score (nSPS) is 12.0. The van der Waals surface area contributed by atoms with Gasteiger partial charge in [0, 0.05) is 0 Å². The smallest absolute Gasteiger partial charge is 0.302 e. The summed E-state index contributed by atoms with van der Waals surface area (Å²) in [6.45, 7) is 1.55. The molecule has 0 saturated carbocycles. The molecule has 0 radical (unpaired) electrons. The van der Waals surface area contributed by atoms with Crippen LogP contribution >= 0.6 is 0 Å². The Balaban J connectivity index is 2.38. The summed E-state index contributed by atoms with van der Waals surface area (Å²) >= 11 is 0. The zero-order valence-electron chi connectivity index (χ0n) is 10.8. The Hall–Kier alpha value is -2.64. The second-order valence-electron chi connectivity index (χ2n) is 4.44. The molecule has 0 fully saturated rings. The van der Waals surface area contributed by atoms with Crippen molar-refractivity contribution in [3.63, 3.8) is 0 Å². The van der Waals surface area contributed by atoms with Gasteiger partial charge in [-0.05, 0) is 19.1 Å². The Morgan fingerprint density at radius 3 is 2.48 bits per heavy atom. The number of alkyl halides is 3. The van der Waals surface area contributed by atoms with Gasteiger partial charge in [0.15, 0.2) is 5.65 Å². The molecule has 108 valence electrons. The molecule has 0 aliphatic rings. The number of aromatic nitrogens is 4. The van der Waals surface area contributed by atoms with Crippen LogP contribution in [0.1, 0.15) is 11.5 Å². The van der Waals surface area contributed by atoms with Crippen molar-refractivity contribution in [1.29, 1.82) is 0 Å². The zero-order chi connectivity index (χ0) is 15.2. The van der Waals surface area contributed by atoms with E-state index in [9.17, 15) is 18.0 Å². The summed E-state index contributed by atoms with van der Waals surface area (Å²) in [5, 5.41) is 4.16. The summed E-state index contributed by atoms with van der Waals surface area (Å²) in [7, 11) is 0. The highest BCUT2D eigenvalue weighted by atomic mass is 19.4. The maximum absolute atomic E-state index is 12.8. The summed E-state index contributed by atoms with van der Waals surface area (Å²) in [5.41, 5.74) is -0.125. The number of fused-ring (bicyclic) bond motifs is 1. The third-order valence-corrected chi connectivity index (χ3v) is 2.98. The topological polar surface area (TPSA) is 63.6 Å². The van der Waals surface area contributed by atoms with E-state index >= 15 is 0 Å². The molecule has 5 nitrogen and oxygen atoms in total. The fourth-order valence-electron chi connectivity index (χ4n) is 2.07. The van der Waals surface area contributed by atoms with E-state index in [-0.39, 0.29) is 11.0 Å². The molecule has 2 aromatic heterocycles. The number of hydrogen-bond acceptors (Lipinski definition) is 3. The molecule has 3 rings (SSSR count). The molecule has 8 heteroatoms. The maximum atomic E-state index is 12.8. The second kappa shape index (κ2) is 4.44. The van der Waals surface area contributed by atoms with Gasteiger partial charge in [-0.1, -0.05) is 18.2 Å². The first kappa shape index (κ1) is 13.3. The predicted octanol–water partition coefficient (Wildman–Crippen LogP) is 2.44. The van der Waals surface area contributed by atoms with Crippen LogP contribution in [0.3, 0.4) is 0 Å². The Morgan fingerprint density at radius 2 is 1.86 bits per heavy atom. The van der Waals surface area contributed by atoms with Crippen LogP contribution in [0.15, 0.2) is 35.1 Å². The molecule has 0 aliphatic carbocycles. The minimum atomic E-state index is -4.73. The molecule has 0 saturated heterocycles. The van der Waals surface area contributed by atoms with Crippen molar-refractivity contribution in [2.45, 2.75) is 13.1 Å². The molecule has 1 N–H and O–H groups in total. The van der Waals surface area contributed by atoms with Crippen LogP contribution in [0.5, 0.6) is 0 Å². The summed E-state index contributed by atoms with van der Waals surface area (Å²) in [5.74, 6) is -1.34. The lowest BCUT2D eigenvalue weighted by Gasteiger charge is -2.06. The highest BCUT2D eigenvalue weighted by Gasteiger charge is 2.35. The van der Waals surface area contributed by atoms with Gasteiger partial charge in [-0.3, -0.25) is 4.79 Å². The lowest BCUT2D eigenvalue weighted by atomic mass is 10.3. The van der Waals surface area contributed by atoms with Crippen LogP contribution in [0, 0.1) is 6.92 Å². The highest BCUT2D eigenvalue weighted by Crippen LogP contribution is 2.27. The van der Waals surface area contributed by atoms with E-state index in [0.29, 0.717) is 11.4 Å². The molecule has 0 aliphatic heterocycles. The quantitative estimate of drug-likeness (QED) is 0.749. The number of para-hydroxylation sites is 1. The fraction of sp³-hybridized carbons (Fsp3) is 0.154. The van der Waals surface area contributed by atoms with Crippen LogP contribution in [0.25, 0.3) is 16.7 Å².